The van der Waals surface area contributed by atoms with E-state index in [9.17, 15) is 33.3 Å². The Hall–Kier alpha value is -4.21. The number of benzene rings is 1. The van der Waals surface area contributed by atoms with Gasteiger partial charge in [-0.1, -0.05) is 18.2 Å². The lowest BCUT2D eigenvalue weighted by atomic mass is 10.1. The molecule has 17 nitrogen and oxygen atoms in total. The predicted octanol–water partition coefficient (Wildman–Crippen LogP) is 5.09. The first kappa shape index (κ1) is 39.8. The van der Waals surface area contributed by atoms with Crippen LogP contribution in [-0.4, -0.2) is 81.2 Å². The van der Waals surface area contributed by atoms with Crippen molar-refractivity contribution >= 4 is 44.0 Å². The van der Waals surface area contributed by atoms with Gasteiger partial charge in [-0.15, -0.1) is 0 Å². The van der Waals surface area contributed by atoms with Gasteiger partial charge in [0.05, 0.1) is 36.0 Å². The number of esters is 3. The zero-order valence-electron chi connectivity index (χ0n) is 26.3. The molecule has 0 fully saturated rings. The van der Waals surface area contributed by atoms with E-state index in [1.807, 2.05) is 0 Å². The van der Waals surface area contributed by atoms with Gasteiger partial charge in [0, 0.05) is 6.42 Å². The monoisotopic (exact) mass is 678 g/mol. The van der Waals surface area contributed by atoms with Crippen LogP contribution in [-0.2, 0) is 61.1 Å². The summed E-state index contributed by atoms with van der Waals surface area (Å²) in [6.45, 7) is 6.40. The van der Waals surface area contributed by atoms with Crippen LogP contribution in [0.3, 0.4) is 0 Å². The molecule has 0 saturated heterocycles. The Labute approximate surface area is 265 Å². The van der Waals surface area contributed by atoms with Crippen molar-refractivity contribution in [2.45, 2.75) is 72.7 Å². The standard InChI is InChI=1S/C28H39O17P/c1-18(2)42-26(32)37-15-36-24(30)22(12-13-23(29)45-25(31)21-10-8-7-9-11-21)14-46(35,40-16-38-27(33)43-19(3)4)41-17-39-28(34)44-20(5)6/h7-11,18-20,22H,12-17H2,1-6H3. The molecule has 18 heteroatoms. The topological polar surface area (TPSA) is 212 Å². The highest BCUT2D eigenvalue weighted by Crippen LogP contribution is 2.50. The number of hydrogen-bond donors (Lipinski definition) is 0. The molecule has 0 bridgehead atoms. The summed E-state index contributed by atoms with van der Waals surface area (Å²) in [6, 6.07) is 7.61. The summed E-state index contributed by atoms with van der Waals surface area (Å²) in [5.41, 5.74) is 0.0931. The molecule has 258 valence electrons. The fraction of sp³-hybridized carbons (Fsp3) is 0.571. The molecule has 46 heavy (non-hydrogen) atoms. The van der Waals surface area contributed by atoms with Crippen molar-refractivity contribution in [2.75, 3.05) is 26.5 Å². The van der Waals surface area contributed by atoms with Gasteiger partial charge in [-0.25, -0.2) is 19.2 Å². The molecule has 1 aromatic carbocycles. The van der Waals surface area contributed by atoms with E-state index in [2.05, 4.69) is 4.74 Å². The van der Waals surface area contributed by atoms with Crippen molar-refractivity contribution in [1.82, 2.24) is 0 Å². The molecule has 1 rings (SSSR count). The maximum atomic E-state index is 13.7. The van der Waals surface area contributed by atoms with Crippen molar-refractivity contribution in [1.29, 1.82) is 0 Å². The summed E-state index contributed by atoms with van der Waals surface area (Å²) >= 11 is 0. The van der Waals surface area contributed by atoms with Crippen LogP contribution in [0.4, 0.5) is 14.4 Å². The minimum absolute atomic E-state index is 0.0931. The minimum Gasteiger partial charge on any atom is -0.432 e. The van der Waals surface area contributed by atoms with Crippen molar-refractivity contribution < 1.29 is 80.3 Å². The van der Waals surface area contributed by atoms with E-state index in [1.54, 1.807) is 59.7 Å². The lowest BCUT2D eigenvalue weighted by molar-refractivity contribution is -0.158. The number of hydrogen-bond acceptors (Lipinski definition) is 17. The Morgan fingerprint density at radius 3 is 1.57 bits per heavy atom. The first-order valence-electron chi connectivity index (χ1n) is 13.9. The summed E-state index contributed by atoms with van der Waals surface area (Å²) in [5, 5.41) is 0. The first-order chi connectivity index (χ1) is 21.6. The Balaban J connectivity index is 3.07. The minimum atomic E-state index is -4.53. The number of carbonyl (C=O) groups excluding carboxylic acids is 6. The van der Waals surface area contributed by atoms with Gasteiger partial charge in [-0.05, 0) is 60.1 Å². The zero-order valence-corrected chi connectivity index (χ0v) is 27.2. The van der Waals surface area contributed by atoms with Crippen LogP contribution in [0.25, 0.3) is 0 Å². The van der Waals surface area contributed by atoms with Crippen molar-refractivity contribution in [3.8, 4) is 0 Å². The van der Waals surface area contributed by atoms with Crippen LogP contribution in [0.1, 0.15) is 64.7 Å². The van der Waals surface area contributed by atoms with Gasteiger partial charge in [0.1, 0.15) is 0 Å². The molecule has 0 spiro atoms. The summed E-state index contributed by atoms with van der Waals surface area (Å²) in [7, 11) is -4.53. The molecule has 0 aliphatic carbocycles. The third-order valence-corrected chi connectivity index (χ3v) is 6.80. The second-order valence-corrected chi connectivity index (χ2v) is 12.0. The van der Waals surface area contributed by atoms with E-state index in [4.69, 9.17) is 42.2 Å². The number of carbonyl (C=O) groups is 6. The highest BCUT2D eigenvalue weighted by Gasteiger charge is 2.36. The largest absolute Gasteiger partial charge is 0.511 e. The van der Waals surface area contributed by atoms with Crippen LogP contribution in [0, 0.1) is 5.92 Å². The number of rotatable bonds is 18. The maximum Gasteiger partial charge on any atom is 0.511 e. The average molecular weight is 679 g/mol. The van der Waals surface area contributed by atoms with Gasteiger partial charge in [0.15, 0.2) is 0 Å². The predicted molar refractivity (Wildman–Crippen MR) is 153 cm³/mol. The summed E-state index contributed by atoms with van der Waals surface area (Å²) in [6.07, 6.45) is -6.98. The molecular weight excluding hydrogens is 639 g/mol. The van der Waals surface area contributed by atoms with Crippen LogP contribution in [0.2, 0.25) is 0 Å². The molecule has 0 aliphatic heterocycles. The third kappa shape index (κ3) is 17.9. The smallest absolute Gasteiger partial charge is 0.432 e. The maximum absolute atomic E-state index is 13.7. The average Bonchev–Trinajstić information content (AvgIpc) is 2.94. The molecule has 0 aromatic heterocycles. The van der Waals surface area contributed by atoms with Crippen LogP contribution < -0.4 is 0 Å². The summed E-state index contributed by atoms with van der Waals surface area (Å²) < 4.78 is 62.1. The van der Waals surface area contributed by atoms with Gasteiger partial charge < -0.3 is 37.9 Å². The van der Waals surface area contributed by atoms with E-state index in [0.717, 1.165) is 0 Å². The molecule has 0 N–H and O–H groups in total. The van der Waals surface area contributed by atoms with E-state index in [0.29, 0.717) is 0 Å². The molecule has 0 aliphatic rings. The van der Waals surface area contributed by atoms with Gasteiger partial charge in [-0.2, -0.15) is 0 Å². The Morgan fingerprint density at radius 2 is 1.11 bits per heavy atom. The van der Waals surface area contributed by atoms with Crippen molar-refractivity contribution in [3.05, 3.63) is 35.9 Å². The number of ether oxygens (including phenoxy) is 8. The molecule has 1 unspecified atom stereocenters. The van der Waals surface area contributed by atoms with Crippen molar-refractivity contribution in [2.24, 2.45) is 5.92 Å². The Morgan fingerprint density at radius 1 is 0.652 bits per heavy atom. The highest BCUT2D eigenvalue weighted by atomic mass is 31.2. The van der Waals surface area contributed by atoms with E-state index >= 15 is 0 Å². The van der Waals surface area contributed by atoms with E-state index in [-0.39, 0.29) is 5.56 Å². The quantitative estimate of drug-likeness (QED) is 0.0650. The second-order valence-electron chi connectivity index (χ2n) is 9.91. The zero-order chi connectivity index (χ0) is 34.7. The molecule has 0 radical (unpaired) electrons. The van der Waals surface area contributed by atoms with Crippen LogP contribution in [0.5, 0.6) is 0 Å². The van der Waals surface area contributed by atoms with Crippen LogP contribution >= 0.6 is 7.60 Å². The second kappa shape index (κ2) is 20.7. The SMILES string of the molecule is CC(C)OC(=O)OCOC(=O)C(CCC(=O)OC(=O)c1ccccc1)CP(=O)(OCOC(=O)OC(C)C)OCOC(=O)OC(C)C. The van der Waals surface area contributed by atoms with Gasteiger partial charge in [0.25, 0.3) is 0 Å². The van der Waals surface area contributed by atoms with Crippen molar-refractivity contribution in [3.63, 3.8) is 0 Å². The molecule has 0 saturated carbocycles. The molecule has 1 atom stereocenters. The normalized spacial score (nSPS) is 11.8. The fourth-order valence-corrected chi connectivity index (χ4v) is 4.60. The van der Waals surface area contributed by atoms with E-state index < -0.39 is 108 Å². The fourth-order valence-electron chi connectivity index (χ4n) is 3.02. The van der Waals surface area contributed by atoms with Gasteiger partial charge >= 0.3 is 44.0 Å². The van der Waals surface area contributed by atoms with E-state index in [1.165, 1.54) is 12.1 Å². The summed E-state index contributed by atoms with van der Waals surface area (Å²) in [4.78, 5) is 72.8. The molecule has 0 heterocycles. The highest BCUT2D eigenvalue weighted by molar-refractivity contribution is 7.53. The lowest BCUT2D eigenvalue weighted by Crippen LogP contribution is -2.26. The molecule has 1 aromatic rings. The third-order valence-electron chi connectivity index (χ3n) is 4.92. The van der Waals surface area contributed by atoms with Gasteiger partial charge in [0.2, 0.25) is 20.4 Å². The lowest BCUT2D eigenvalue weighted by Gasteiger charge is -2.22. The van der Waals surface area contributed by atoms with Gasteiger partial charge in [-0.3, -0.25) is 23.2 Å². The first-order valence-corrected chi connectivity index (χ1v) is 15.7. The molecular formula is C28H39O17P. The Kier molecular flexibility index (Phi) is 18.0. The summed E-state index contributed by atoms with van der Waals surface area (Å²) in [5.74, 6) is -4.64. The van der Waals surface area contributed by atoms with Crippen LogP contribution in [0.15, 0.2) is 30.3 Å². The Bertz CT molecular complexity index is 1170. The molecule has 0 amide bonds.